The Labute approximate surface area is 127 Å². The van der Waals surface area contributed by atoms with Crippen molar-refractivity contribution in [2.24, 2.45) is 5.92 Å². The minimum atomic E-state index is 0.403. The van der Waals surface area contributed by atoms with Crippen molar-refractivity contribution in [3.05, 3.63) is 0 Å². The molecule has 6 heteroatoms. The van der Waals surface area contributed by atoms with Gasteiger partial charge in [0, 0.05) is 12.6 Å². The molecule has 118 valence electrons. The van der Waals surface area contributed by atoms with Crippen LogP contribution in [-0.4, -0.2) is 34.1 Å². The highest BCUT2D eigenvalue weighted by molar-refractivity contribution is 5.38. The van der Waals surface area contributed by atoms with Gasteiger partial charge in [0.2, 0.25) is 11.9 Å². The normalized spacial score (nSPS) is 20.1. The first-order chi connectivity index (χ1) is 10.3. The van der Waals surface area contributed by atoms with Crippen LogP contribution < -0.4 is 15.4 Å². The van der Waals surface area contributed by atoms with Gasteiger partial charge in [0.05, 0.1) is 6.61 Å². The fourth-order valence-electron chi connectivity index (χ4n) is 2.27. The van der Waals surface area contributed by atoms with Crippen molar-refractivity contribution in [2.75, 3.05) is 23.8 Å². The lowest BCUT2D eigenvalue weighted by molar-refractivity contribution is 0.292. The predicted molar refractivity (Wildman–Crippen MR) is 84.8 cm³/mol. The maximum atomic E-state index is 5.55. The maximum Gasteiger partial charge on any atom is 0.323 e. The number of hydrogen-bond donors (Lipinski definition) is 2. The molecule has 0 aromatic carbocycles. The molecule has 2 atom stereocenters. The topological polar surface area (TPSA) is 72.0 Å². The Kier molecular flexibility index (Phi) is 6.02. The summed E-state index contributed by atoms with van der Waals surface area (Å²) in [6.45, 7) is 7.87. The maximum absolute atomic E-state index is 5.55. The standard InChI is InChI=1S/C15H27N5O/c1-4-7-11-10-12(11)17-14-18-13(16-8-5-2)19-15(20-14)21-9-6-3/h11-12H,4-10H2,1-3H3,(H2,16,17,18,19,20). The number of hydrogen-bond acceptors (Lipinski definition) is 6. The monoisotopic (exact) mass is 293 g/mol. The highest BCUT2D eigenvalue weighted by Crippen LogP contribution is 2.36. The smallest absolute Gasteiger partial charge is 0.323 e. The van der Waals surface area contributed by atoms with E-state index in [1.54, 1.807) is 0 Å². The van der Waals surface area contributed by atoms with Crippen LogP contribution in [0.15, 0.2) is 0 Å². The van der Waals surface area contributed by atoms with Gasteiger partial charge in [-0.25, -0.2) is 0 Å². The van der Waals surface area contributed by atoms with Crippen LogP contribution in [0.3, 0.4) is 0 Å². The third-order valence-electron chi connectivity index (χ3n) is 3.48. The second-order valence-corrected chi connectivity index (χ2v) is 5.58. The summed E-state index contributed by atoms with van der Waals surface area (Å²) in [5.74, 6) is 1.98. The Balaban J connectivity index is 2.00. The Morgan fingerprint density at radius 1 is 1.05 bits per heavy atom. The average Bonchev–Trinajstić information content (AvgIpc) is 3.21. The molecule has 0 spiro atoms. The summed E-state index contributed by atoms with van der Waals surface area (Å²) in [6, 6.07) is 0.908. The number of anilines is 2. The van der Waals surface area contributed by atoms with E-state index in [0.717, 1.165) is 25.3 Å². The Morgan fingerprint density at radius 3 is 2.57 bits per heavy atom. The van der Waals surface area contributed by atoms with Crippen LogP contribution in [0.1, 0.15) is 52.9 Å². The number of ether oxygens (including phenoxy) is 1. The highest BCUT2D eigenvalue weighted by atomic mass is 16.5. The first kappa shape index (κ1) is 15.8. The van der Waals surface area contributed by atoms with Crippen molar-refractivity contribution in [1.29, 1.82) is 0 Å². The van der Waals surface area contributed by atoms with Crippen molar-refractivity contribution >= 4 is 11.9 Å². The summed E-state index contributed by atoms with van der Waals surface area (Å²) in [4.78, 5) is 13.1. The van der Waals surface area contributed by atoms with Crippen LogP contribution in [0.25, 0.3) is 0 Å². The molecule has 1 heterocycles. The van der Waals surface area contributed by atoms with E-state index >= 15 is 0 Å². The zero-order valence-corrected chi connectivity index (χ0v) is 13.4. The molecular weight excluding hydrogens is 266 g/mol. The summed E-state index contributed by atoms with van der Waals surface area (Å²) in [6.07, 6.45) is 5.67. The van der Waals surface area contributed by atoms with Gasteiger partial charge in [0.1, 0.15) is 0 Å². The lowest BCUT2D eigenvalue weighted by Gasteiger charge is -2.10. The van der Waals surface area contributed by atoms with Gasteiger partial charge in [-0.15, -0.1) is 0 Å². The number of aromatic nitrogens is 3. The van der Waals surface area contributed by atoms with Crippen molar-refractivity contribution in [3.63, 3.8) is 0 Å². The molecule has 1 aromatic rings. The molecule has 21 heavy (non-hydrogen) atoms. The van der Waals surface area contributed by atoms with E-state index in [1.165, 1.54) is 19.3 Å². The quantitative estimate of drug-likeness (QED) is 0.690. The molecular formula is C15H27N5O. The van der Waals surface area contributed by atoms with Gasteiger partial charge in [0.15, 0.2) is 0 Å². The predicted octanol–water partition coefficient (Wildman–Crippen LogP) is 3.08. The fourth-order valence-corrected chi connectivity index (χ4v) is 2.27. The molecule has 2 N–H and O–H groups in total. The van der Waals surface area contributed by atoms with E-state index in [4.69, 9.17) is 4.74 Å². The summed E-state index contributed by atoms with van der Waals surface area (Å²) in [5.41, 5.74) is 0. The van der Waals surface area contributed by atoms with Crippen LogP contribution in [0.2, 0.25) is 0 Å². The molecule has 2 unspecified atom stereocenters. The summed E-state index contributed by atoms with van der Waals surface area (Å²) in [7, 11) is 0. The average molecular weight is 293 g/mol. The van der Waals surface area contributed by atoms with Crippen LogP contribution in [0.5, 0.6) is 6.01 Å². The van der Waals surface area contributed by atoms with E-state index in [-0.39, 0.29) is 0 Å². The lowest BCUT2D eigenvalue weighted by Crippen LogP contribution is -2.13. The minimum Gasteiger partial charge on any atom is -0.463 e. The van der Waals surface area contributed by atoms with Crippen LogP contribution in [-0.2, 0) is 0 Å². The van der Waals surface area contributed by atoms with Gasteiger partial charge in [0.25, 0.3) is 0 Å². The van der Waals surface area contributed by atoms with E-state index in [1.807, 2.05) is 0 Å². The Bertz CT molecular complexity index is 414. The zero-order chi connectivity index (χ0) is 15.1. The van der Waals surface area contributed by atoms with Crippen molar-refractivity contribution in [1.82, 2.24) is 15.0 Å². The summed E-state index contributed by atoms with van der Waals surface area (Å²) in [5, 5.41) is 6.60. The fraction of sp³-hybridized carbons (Fsp3) is 0.800. The third-order valence-corrected chi connectivity index (χ3v) is 3.48. The van der Waals surface area contributed by atoms with Crippen LogP contribution >= 0.6 is 0 Å². The molecule has 6 nitrogen and oxygen atoms in total. The minimum absolute atomic E-state index is 0.403. The number of nitrogens with zero attached hydrogens (tertiary/aromatic N) is 3. The Morgan fingerprint density at radius 2 is 1.86 bits per heavy atom. The third kappa shape index (κ3) is 5.02. The van der Waals surface area contributed by atoms with Gasteiger partial charge < -0.3 is 15.4 Å². The molecule has 1 aliphatic rings. The second kappa shape index (κ2) is 8.00. The largest absolute Gasteiger partial charge is 0.463 e. The van der Waals surface area contributed by atoms with Crippen LogP contribution in [0, 0.1) is 5.92 Å². The second-order valence-electron chi connectivity index (χ2n) is 5.58. The lowest BCUT2D eigenvalue weighted by atomic mass is 10.2. The van der Waals surface area contributed by atoms with Crippen molar-refractivity contribution < 1.29 is 4.74 Å². The van der Waals surface area contributed by atoms with E-state index < -0.39 is 0 Å². The summed E-state index contributed by atoms with van der Waals surface area (Å²) >= 11 is 0. The van der Waals surface area contributed by atoms with Crippen LogP contribution in [0.4, 0.5) is 11.9 Å². The first-order valence-electron chi connectivity index (χ1n) is 8.16. The molecule has 2 rings (SSSR count). The number of nitrogens with one attached hydrogen (secondary N) is 2. The molecule has 0 saturated heterocycles. The summed E-state index contributed by atoms with van der Waals surface area (Å²) < 4.78 is 5.55. The molecule has 0 aliphatic heterocycles. The molecule has 0 radical (unpaired) electrons. The van der Waals surface area contributed by atoms with Gasteiger partial charge in [-0.1, -0.05) is 27.2 Å². The highest BCUT2D eigenvalue weighted by Gasteiger charge is 2.36. The van der Waals surface area contributed by atoms with E-state index in [2.05, 4.69) is 46.4 Å². The van der Waals surface area contributed by atoms with Gasteiger partial charge in [-0.2, -0.15) is 15.0 Å². The molecule has 0 bridgehead atoms. The van der Waals surface area contributed by atoms with E-state index in [0.29, 0.717) is 30.6 Å². The SMILES string of the molecule is CCCNc1nc(NC2CC2CCC)nc(OCCC)n1. The first-order valence-corrected chi connectivity index (χ1v) is 8.16. The van der Waals surface area contributed by atoms with Crippen molar-refractivity contribution in [3.8, 4) is 6.01 Å². The van der Waals surface area contributed by atoms with Gasteiger partial charge in [-0.05, 0) is 31.6 Å². The van der Waals surface area contributed by atoms with E-state index in [9.17, 15) is 0 Å². The van der Waals surface area contributed by atoms with Crippen molar-refractivity contribution in [2.45, 2.75) is 58.9 Å². The molecule has 1 fully saturated rings. The number of rotatable bonds is 10. The van der Waals surface area contributed by atoms with Gasteiger partial charge >= 0.3 is 6.01 Å². The molecule has 1 aromatic heterocycles. The Hall–Kier alpha value is -1.59. The van der Waals surface area contributed by atoms with Gasteiger partial charge in [-0.3, -0.25) is 0 Å². The molecule has 1 saturated carbocycles. The molecule has 1 aliphatic carbocycles. The molecule has 0 amide bonds. The zero-order valence-electron chi connectivity index (χ0n) is 13.4.